The Morgan fingerprint density at radius 2 is 1.94 bits per heavy atom. The van der Waals surface area contributed by atoms with Gasteiger partial charge in [-0.05, 0) is 18.2 Å². The van der Waals surface area contributed by atoms with Crippen LogP contribution in [-0.4, -0.2) is 20.0 Å². The first-order chi connectivity index (χ1) is 7.36. The Morgan fingerprint density at radius 3 is 2.50 bits per heavy atom. The molecule has 0 aliphatic heterocycles. The number of hydrogen-bond donors (Lipinski definition) is 0. The van der Waals surface area contributed by atoms with Gasteiger partial charge in [0, 0.05) is 6.42 Å². The van der Waals surface area contributed by atoms with Gasteiger partial charge in [0.25, 0.3) is 0 Å². The van der Waals surface area contributed by atoms with E-state index in [1.54, 1.807) is 0 Å². The van der Waals surface area contributed by atoms with E-state index in [4.69, 9.17) is 0 Å². The molecule has 1 aromatic carbocycles. The van der Waals surface area contributed by atoms with E-state index in [2.05, 4.69) is 0 Å². The molecule has 0 unspecified atom stereocenters. The molecule has 3 nitrogen and oxygen atoms in total. The molecule has 0 saturated carbocycles. The molecule has 0 fully saturated rings. The molecule has 0 aliphatic carbocycles. The normalized spacial score (nSPS) is 11.4. The van der Waals surface area contributed by atoms with Crippen molar-refractivity contribution in [2.24, 2.45) is 0 Å². The molecule has 0 spiro atoms. The highest BCUT2D eigenvalue weighted by atomic mass is 32.2. The Balaban J connectivity index is 3.17. The average Bonchev–Trinajstić information content (AvgIpc) is 2.20. The van der Waals surface area contributed by atoms with E-state index < -0.39 is 37.9 Å². The Hall–Kier alpha value is -1.30. The number of sulfone groups is 1. The van der Waals surface area contributed by atoms with Gasteiger partial charge < -0.3 is 0 Å². The fourth-order valence-electron chi connectivity index (χ4n) is 1.11. The molecule has 0 saturated heterocycles. The van der Waals surface area contributed by atoms with Gasteiger partial charge in [-0.1, -0.05) is 6.92 Å². The first kappa shape index (κ1) is 12.8. The van der Waals surface area contributed by atoms with E-state index in [0.717, 1.165) is 12.1 Å². The lowest BCUT2D eigenvalue weighted by atomic mass is 10.3. The van der Waals surface area contributed by atoms with Gasteiger partial charge in [0.15, 0.2) is 9.84 Å². The summed E-state index contributed by atoms with van der Waals surface area (Å²) < 4.78 is 49.0. The lowest BCUT2D eigenvalue weighted by Crippen LogP contribution is -2.16. The number of hydrogen-bond acceptors (Lipinski definition) is 3. The number of ketones is 1. The molecule has 0 atom stereocenters. The minimum Gasteiger partial charge on any atom is -0.299 e. The summed E-state index contributed by atoms with van der Waals surface area (Å²) in [6.45, 7) is 1.50. The Kier molecular flexibility index (Phi) is 3.74. The second-order valence-electron chi connectivity index (χ2n) is 3.23. The van der Waals surface area contributed by atoms with Gasteiger partial charge in [-0.25, -0.2) is 17.2 Å². The topological polar surface area (TPSA) is 51.2 Å². The molecule has 0 heterocycles. The minimum absolute atomic E-state index is 0.0379. The summed E-state index contributed by atoms with van der Waals surface area (Å²) in [6.07, 6.45) is 0.0379. The maximum absolute atomic E-state index is 13.2. The van der Waals surface area contributed by atoms with Crippen LogP contribution in [0.4, 0.5) is 8.78 Å². The fourth-order valence-corrected chi connectivity index (χ4v) is 2.55. The summed E-state index contributed by atoms with van der Waals surface area (Å²) in [5, 5.41) is 0. The van der Waals surface area contributed by atoms with Crippen molar-refractivity contribution in [3.63, 3.8) is 0 Å². The molecule has 0 N–H and O–H groups in total. The SMILES string of the molecule is CCC(=O)CS(=O)(=O)c1cc(F)ccc1F. The van der Waals surface area contributed by atoms with Gasteiger partial charge in [0.2, 0.25) is 0 Å². The molecule has 0 radical (unpaired) electrons. The van der Waals surface area contributed by atoms with Crippen LogP contribution in [0.25, 0.3) is 0 Å². The van der Waals surface area contributed by atoms with E-state index in [0.29, 0.717) is 6.07 Å². The van der Waals surface area contributed by atoms with Gasteiger partial charge >= 0.3 is 0 Å². The van der Waals surface area contributed by atoms with E-state index in [1.807, 2.05) is 0 Å². The molecule has 0 aromatic heterocycles. The largest absolute Gasteiger partial charge is 0.299 e. The number of halogens is 2. The number of Topliss-reactive ketones (excluding diaryl/α,β-unsaturated/α-hetero) is 1. The summed E-state index contributed by atoms with van der Waals surface area (Å²) in [5.41, 5.74) is 0. The highest BCUT2D eigenvalue weighted by Gasteiger charge is 2.22. The maximum atomic E-state index is 13.2. The summed E-state index contributed by atoms with van der Waals surface area (Å²) in [4.78, 5) is 10.2. The molecule has 88 valence electrons. The van der Waals surface area contributed by atoms with Crippen LogP contribution in [0, 0.1) is 11.6 Å². The van der Waals surface area contributed by atoms with Crippen LogP contribution >= 0.6 is 0 Å². The van der Waals surface area contributed by atoms with Gasteiger partial charge in [-0.3, -0.25) is 4.79 Å². The van der Waals surface area contributed by atoms with Crippen LogP contribution in [0.3, 0.4) is 0 Å². The number of benzene rings is 1. The van der Waals surface area contributed by atoms with Crippen LogP contribution in [0.15, 0.2) is 23.1 Å². The Labute approximate surface area is 92.0 Å². The number of carbonyl (C=O) groups is 1. The smallest absolute Gasteiger partial charge is 0.188 e. The quantitative estimate of drug-likeness (QED) is 0.815. The van der Waals surface area contributed by atoms with Crippen molar-refractivity contribution in [2.75, 3.05) is 5.75 Å². The minimum atomic E-state index is -4.09. The van der Waals surface area contributed by atoms with Crippen molar-refractivity contribution in [1.82, 2.24) is 0 Å². The number of carbonyl (C=O) groups excluding carboxylic acids is 1. The predicted octanol–water partition coefficient (Wildman–Crippen LogP) is 1.72. The summed E-state index contributed by atoms with van der Waals surface area (Å²) in [5.74, 6) is -3.25. The van der Waals surface area contributed by atoms with Crippen molar-refractivity contribution in [2.45, 2.75) is 18.2 Å². The molecule has 1 aromatic rings. The van der Waals surface area contributed by atoms with Crippen LogP contribution in [0.5, 0.6) is 0 Å². The van der Waals surface area contributed by atoms with Gasteiger partial charge in [0.1, 0.15) is 28.1 Å². The van der Waals surface area contributed by atoms with Crippen molar-refractivity contribution >= 4 is 15.6 Å². The van der Waals surface area contributed by atoms with Crippen molar-refractivity contribution < 1.29 is 22.0 Å². The summed E-state index contributed by atoms with van der Waals surface area (Å²) in [6, 6.07) is 2.11. The molecule has 0 bridgehead atoms. The van der Waals surface area contributed by atoms with Crippen LogP contribution in [-0.2, 0) is 14.6 Å². The van der Waals surface area contributed by atoms with E-state index in [1.165, 1.54) is 6.92 Å². The third-order valence-corrected chi connectivity index (χ3v) is 3.66. The molecule has 16 heavy (non-hydrogen) atoms. The highest BCUT2D eigenvalue weighted by Crippen LogP contribution is 2.17. The maximum Gasteiger partial charge on any atom is 0.188 e. The van der Waals surface area contributed by atoms with Gasteiger partial charge in [-0.2, -0.15) is 0 Å². The zero-order valence-corrected chi connectivity index (χ0v) is 9.35. The molecular formula is C10H10F2O3S. The zero-order valence-electron chi connectivity index (χ0n) is 8.54. The molecule has 1 rings (SSSR count). The molecular weight excluding hydrogens is 238 g/mol. The van der Waals surface area contributed by atoms with Crippen LogP contribution in [0.2, 0.25) is 0 Å². The fraction of sp³-hybridized carbons (Fsp3) is 0.300. The first-order valence-electron chi connectivity index (χ1n) is 4.56. The second-order valence-corrected chi connectivity index (χ2v) is 5.18. The van der Waals surface area contributed by atoms with Crippen molar-refractivity contribution in [1.29, 1.82) is 0 Å². The van der Waals surface area contributed by atoms with Crippen LogP contribution in [0.1, 0.15) is 13.3 Å². The van der Waals surface area contributed by atoms with Crippen molar-refractivity contribution in [3.8, 4) is 0 Å². The van der Waals surface area contributed by atoms with E-state index in [9.17, 15) is 22.0 Å². The van der Waals surface area contributed by atoms with E-state index >= 15 is 0 Å². The third kappa shape index (κ3) is 2.85. The summed E-state index contributed by atoms with van der Waals surface area (Å²) in [7, 11) is -4.09. The standard InChI is InChI=1S/C10H10F2O3S/c1-2-8(13)6-16(14,15)10-5-7(11)3-4-9(10)12/h3-5H,2,6H2,1H3. The van der Waals surface area contributed by atoms with Crippen LogP contribution < -0.4 is 0 Å². The number of rotatable bonds is 4. The monoisotopic (exact) mass is 248 g/mol. The Morgan fingerprint density at radius 1 is 1.31 bits per heavy atom. The Bertz CT molecular complexity index is 509. The second kappa shape index (κ2) is 4.69. The van der Waals surface area contributed by atoms with E-state index in [-0.39, 0.29) is 6.42 Å². The van der Waals surface area contributed by atoms with Crippen molar-refractivity contribution in [3.05, 3.63) is 29.8 Å². The average molecular weight is 248 g/mol. The zero-order chi connectivity index (χ0) is 12.3. The highest BCUT2D eigenvalue weighted by molar-refractivity contribution is 7.92. The summed E-state index contributed by atoms with van der Waals surface area (Å²) >= 11 is 0. The van der Waals surface area contributed by atoms with Gasteiger partial charge in [0.05, 0.1) is 0 Å². The van der Waals surface area contributed by atoms with Gasteiger partial charge in [-0.15, -0.1) is 0 Å². The third-order valence-electron chi connectivity index (χ3n) is 1.97. The molecule has 6 heteroatoms. The molecule has 0 amide bonds. The predicted molar refractivity (Wildman–Crippen MR) is 53.7 cm³/mol. The lowest BCUT2D eigenvalue weighted by Gasteiger charge is -2.04. The first-order valence-corrected chi connectivity index (χ1v) is 6.21. The molecule has 0 aliphatic rings. The lowest BCUT2D eigenvalue weighted by molar-refractivity contribution is -0.116.